The van der Waals surface area contributed by atoms with Gasteiger partial charge in [0, 0.05) is 24.7 Å². The zero-order valence-electron chi connectivity index (χ0n) is 11.5. The van der Waals surface area contributed by atoms with Crippen LogP contribution >= 0.6 is 0 Å². The number of hydrogen-bond donors (Lipinski definition) is 0. The van der Waals surface area contributed by atoms with E-state index in [0.29, 0.717) is 0 Å². The summed E-state index contributed by atoms with van der Waals surface area (Å²) in [4.78, 5) is 6.62. The summed E-state index contributed by atoms with van der Waals surface area (Å²) in [5.74, 6) is 0.0714. The predicted molar refractivity (Wildman–Crippen MR) is 77.5 cm³/mol. The van der Waals surface area contributed by atoms with Gasteiger partial charge in [0.25, 0.3) is 0 Å². The third-order valence-corrected chi connectivity index (χ3v) is 3.27. The highest BCUT2D eigenvalue weighted by Gasteiger charge is 2.08. The maximum Gasteiger partial charge on any atom is 0.0702 e. The molecular formula is C16H19N3. The quantitative estimate of drug-likeness (QED) is 0.821. The molecule has 1 unspecified atom stereocenters. The number of fused-ring (bicyclic) bond motifs is 1. The Bertz CT molecular complexity index is 586. The molecule has 3 heteroatoms. The van der Waals surface area contributed by atoms with E-state index in [1.54, 1.807) is 0 Å². The second kappa shape index (κ2) is 6.31. The van der Waals surface area contributed by atoms with Gasteiger partial charge in [-0.1, -0.05) is 19.1 Å². The Morgan fingerprint density at radius 1 is 1.37 bits per heavy atom. The van der Waals surface area contributed by atoms with Crippen molar-refractivity contribution in [2.45, 2.75) is 20.4 Å². The van der Waals surface area contributed by atoms with Gasteiger partial charge >= 0.3 is 0 Å². The van der Waals surface area contributed by atoms with Crippen molar-refractivity contribution in [2.24, 2.45) is 5.92 Å². The van der Waals surface area contributed by atoms with Crippen molar-refractivity contribution < 1.29 is 0 Å². The first-order valence-electron chi connectivity index (χ1n) is 6.68. The molecule has 0 aliphatic carbocycles. The van der Waals surface area contributed by atoms with Crippen molar-refractivity contribution in [3.05, 3.63) is 42.1 Å². The lowest BCUT2D eigenvalue weighted by Gasteiger charge is -2.21. The van der Waals surface area contributed by atoms with Crippen LogP contribution in [0.1, 0.15) is 19.4 Å². The van der Waals surface area contributed by atoms with Crippen molar-refractivity contribution in [3.8, 4) is 6.07 Å². The molecule has 1 heterocycles. The van der Waals surface area contributed by atoms with E-state index >= 15 is 0 Å². The standard InChI is InChI=1S/C16H19N3/c1-3-19(11-13(2)10-17)12-14-6-7-16-15(9-14)5-4-8-18-16/h4-9,13H,3,11-12H2,1-2H3. The van der Waals surface area contributed by atoms with E-state index in [1.165, 1.54) is 10.9 Å². The molecule has 98 valence electrons. The maximum absolute atomic E-state index is 8.90. The lowest BCUT2D eigenvalue weighted by molar-refractivity contribution is 0.260. The molecule has 0 N–H and O–H groups in total. The highest BCUT2D eigenvalue weighted by molar-refractivity contribution is 5.78. The van der Waals surface area contributed by atoms with E-state index in [4.69, 9.17) is 5.26 Å². The highest BCUT2D eigenvalue weighted by atomic mass is 15.1. The van der Waals surface area contributed by atoms with Crippen LogP contribution < -0.4 is 0 Å². The lowest BCUT2D eigenvalue weighted by Crippen LogP contribution is -2.27. The van der Waals surface area contributed by atoms with Crippen LogP contribution in [0.25, 0.3) is 10.9 Å². The average Bonchev–Trinajstić information content (AvgIpc) is 2.46. The van der Waals surface area contributed by atoms with Crippen molar-refractivity contribution >= 4 is 10.9 Å². The first kappa shape index (κ1) is 13.5. The van der Waals surface area contributed by atoms with Gasteiger partial charge in [0.2, 0.25) is 0 Å². The van der Waals surface area contributed by atoms with E-state index in [1.807, 2.05) is 19.2 Å². The van der Waals surface area contributed by atoms with Crippen LogP contribution in [-0.4, -0.2) is 23.0 Å². The Morgan fingerprint density at radius 3 is 2.95 bits per heavy atom. The van der Waals surface area contributed by atoms with Gasteiger partial charge < -0.3 is 0 Å². The molecule has 2 aromatic rings. The molecule has 1 aromatic heterocycles. The minimum absolute atomic E-state index is 0.0714. The van der Waals surface area contributed by atoms with Crippen LogP contribution in [0, 0.1) is 17.2 Å². The number of pyridine rings is 1. The molecule has 0 fully saturated rings. The monoisotopic (exact) mass is 253 g/mol. The summed E-state index contributed by atoms with van der Waals surface area (Å²) in [6.45, 7) is 6.75. The minimum Gasteiger partial charge on any atom is -0.298 e. The van der Waals surface area contributed by atoms with Gasteiger partial charge in [0.15, 0.2) is 0 Å². The summed E-state index contributed by atoms with van der Waals surface area (Å²) in [5, 5.41) is 10.1. The van der Waals surface area contributed by atoms with E-state index < -0.39 is 0 Å². The van der Waals surface area contributed by atoms with E-state index in [2.05, 4.69) is 47.1 Å². The molecule has 1 atom stereocenters. The Balaban J connectivity index is 2.13. The molecule has 0 bridgehead atoms. The van der Waals surface area contributed by atoms with Gasteiger partial charge in [-0.15, -0.1) is 0 Å². The Labute approximate surface area is 114 Å². The molecule has 0 radical (unpaired) electrons. The number of nitriles is 1. The SMILES string of the molecule is CCN(Cc1ccc2ncccc2c1)CC(C)C#N. The molecule has 0 saturated heterocycles. The van der Waals surface area contributed by atoms with Gasteiger partial charge in [-0.25, -0.2) is 0 Å². The van der Waals surface area contributed by atoms with Crippen molar-refractivity contribution in [3.63, 3.8) is 0 Å². The predicted octanol–water partition coefficient (Wildman–Crippen LogP) is 3.22. The summed E-state index contributed by atoms with van der Waals surface area (Å²) in [6, 6.07) is 12.7. The van der Waals surface area contributed by atoms with Crippen molar-refractivity contribution in [2.75, 3.05) is 13.1 Å². The largest absolute Gasteiger partial charge is 0.298 e. The van der Waals surface area contributed by atoms with Gasteiger partial charge in [-0.2, -0.15) is 5.26 Å². The second-order valence-electron chi connectivity index (χ2n) is 4.89. The zero-order valence-corrected chi connectivity index (χ0v) is 11.5. The van der Waals surface area contributed by atoms with Crippen LogP contribution in [0.2, 0.25) is 0 Å². The molecule has 0 spiro atoms. The fourth-order valence-electron chi connectivity index (χ4n) is 2.22. The van der Waals surface area contributed by atoms with E-state index in [-0.39, 0.29) is 5.92 Å². The lowest BCUT2D eigenvalue weighted by atomic mass is 10.1. The molecule has 1 aromatic carbocycles. The summed E-state index contributed by atoms with van der Waals surface area (Å²) >= 11 is 0. The van der Waals surface area contributed by atoms with Crippen LogP contribution in [0.15, 0.2) is 36.5 Å². The topological polar surface area (TPSA) is 39.9 Å². The molecule has 0 aliphatic rings. The van der Waals surface area contributed by atoms with Gasteiger partial charge in [-0.05, 0) is 37.2 Å². The maximum atomic E-state index is 8.90. The first-order valence-corrected chi connectivity index (χ1v) is 6.68. The Morgan fingerprint density at radius 2 is 2.21 bits per heavy atom. The Kier molecular flexibility index (Phi) is 4.48. The van der Waals surface area contributed by atoms with Crippen molar-refractivity contribution in [1.82, 2.24) is 9.88 Å². The molecule has 19 heavy (non-hydrogen) atoms. The fourth-order valence-corrected chi connectivity index (χ4v) is 2.22. The van der Waals surface area contributed by atoms with Gasteiger partial charge in [-0.3, -0.25) is 9.88 Å². The average molecular weight is 253 g/mol. The fraction of sp³-hybridized carbons (Fsp3) is 0.375. The molecular weight excluding hydrogens is 234 g/mol. The molecule has 3 nitrogen and oxygen atoms in total. The van der Waals surface area contributed by atoms with Crippen LogP contribution in [0.4, 0.5) is 0 Å². The molecule has 0 aliphatic heterocycles. The van der Waals surface area contributed by atoms with Gasteiger partial charge in [0.05, 0.1) is 17.5 Å². The summed E-state index contributed by atoms with van der Waals surface area (Å²) in [6.07, 6.45) is 1.81. The summed E-state index contributed by atoms with van der Waals surface area (Å²) in [7, 11) is 0. The number of rotatable bonds is 5. The Hall–Kier alpha value is -1.92. The van der Waals surface area contributed by atoms with E-state index in [0.717, 1.165) is 25.2 Å². The normalized spacial score (nSPS) is 12.5. The number of nitrogens with zero attached hydrogens (tertiary/aromatic N) is 3. The smallest absolute Gasteiger partial charge is 0.0702 e. The third kappa shape index (κ3) is 3.52. The highest BCUT2D eigenvalue weighted by Crippen LogP contribution is 2.15. The second-order valence-corrected chi connectivity index (χ2v) is 4.89. The number of aromatic nitrogens is 1. The summed E-state index contributed by atoms with van der Waals surface area (Å²) < 4.78 is 0. The molecule has 2 rings (SSSR count). The van der Waals surface area contributed by atoms with Crippen LogP contribution in [0.3, 0.4) is 0 Å². The van der Waals surface area contributed by atoms with Gasteiger partial charge in [0.1, 0.15) is 0 Å². The van der Waals surface area contributed by atoms with Crippen LogP contribution in [0.5, 0.6) is 0 Å². The first-order chi connectivity index (χ1) is 9.22. The third-order valence-electron chi connectivity index (χ3n) is 3.27. The van der Waals surface area contributed by atoms with Crippen LogP contribution in [-0.2, 0) is 6.54 Å². The number of benzene rings is 1. The minimum atomic E-state index is 0.0714. The molecule has 0 saturated carbocycles. The summed E-state index contributed by atoms with van der Waals surface area (Å²) in [5.41, 5.74) is 2.30. The number of hydrogen-bond acceptors (Lipinski definition) is 3. The molecule has 0 amide bonds. The van der Waals surface area contributed by atoms with Crippen molar-refractivity contribution in [1.29, 1.82) is 5.26 Å². The van der Waals surface area contributed by atoms with E-state index in [9.17, 15) is 0 Å². The zero-order chi connectivity index (χ0) is 13.7.